The van der Waals surface area contributed by atoms with Crippen molar-refractivity contribution in [1.82, 2.24) is 0 Å². The summed E-state index contributed by atoms with van der Waals surface area (Å²) in [4.78, 5) is 26.8. The van der Waals surface area contributed by atoms with E-state index in [0.717, 1.165) is 5.39 Å². The fourth-order valence-electron chi connectivity index (χ4n) is 3.60. The first kappa shape index (κ1) is 16.3. The van der Waals surface area contributed by atoms with Crippen molar-refractivity contribution in [2.24, 2.45) is 0 Å². The Balaban J connectivity index is 1.75. The number of phenolic OH excluding ortho intramolecular Hbond substituents is 1. The van der Waals surface area contributed by atoms with Gasteiger partial charge in [0, 0.05) is 18.0 Å². The maximum absolute atomic E-state index is 12.8. The second-order valence-corrected chi connectivity index (χ2v) is 6.52. The Hall–Kier alpha value is -3.18. The van der Waals surface area contributed by atoms with E-state index in [4.69, 9.17) is 0 Å². The lowest BCUT2D eigenvalue weighted by atomic mass is 9.87. The van der Waals surface area contributed by atoms with Crippen LogP contribution in [0.4, 0.5) is 5.69 Å². The Labute approximate surface area is 150 Å². The molecule has 1 amide bonds. The summed E-state index contributed by atoms with van der Waals surface area (Å²) in [5, 5.41) is 22.9. The Morgan fingerprint density at radius 3 is 2.54 bits per heavy atom. The van der Waals surface area contributed by atoms with Crippen molar-refractivity contribution in [2.75, 3.05) is 11.9 Å². The zero-order valence-electron chi connectivity index (χ0n) is 14.1. The van der Waals surface area contributed by atoms with Gasteiger partial charge in [0.2, 0.25) is 0 Å². The van der Waals surface area contributed by atoms with Gasteiger partial charge in [-0.15, -0.1) is 0 Å². The Morgan fingerprint density at radius 2 is 1.73 bits per heavy atom. The number of para-hydroxylation sites is 1. The molecule has 2 N–H and O–H groups in total. The molecule has 0 unspecified atom stereocenters. The molecule has 0 saturated carbocycles. The molecular weight excluding hydrogens is 330 g/mol. The number of Topliss-reactive ketones (excluding diaryl/α,β-unsaturated/α-hetero) is 1. The Bertz CT molecular complexity index is 1060. The molecule has 0 fully saturated rings. The van der Waals surface area contributed by atoms with E-state index in [2.05, 4.69) is 0 Å². The fourth-order valence-corrected chi connectivity index (χ4v) is 3.60. The van der Waals surface area contributed by atoms with Crippen LogP contribution < -0.4 is 4.90 Å². The number of anilines is 1. The third-order valence-corrected chi connectivity index (χ3v) is 4.99. The van der Waals surface area contributed by atoms with Crippen molar-refractivity contribution in [3.05, 3.63) is 71.8 Å². The van der Waals surface area contributed by atoms with Gasteiger partial charge in [-0.1, -0.05) is 48.5 Å². The van der Waals surface area contributed by atoms with Crippen molar-refractivity contribution in [1.29, 1.82) is 0 Å². The highest BCUT2D eigenvalue weighted by molar-refractivity contribution is 6.12. The summed E-state index contributed by atoms with van der Waals surface area (Å²) in [6.07, 6.45) is -0.431. The number of phenols is 1. The third-order valence-electron chi connectivity index (χ3n) is 4.99. The summed E-state index contributed by atoms with van der Waals surface area (Å²) in [6.45, 7) is 0. The van der Waals surface area contributed by atoms with Crippen LogP contribution >= 0.6 is 0 Å². The smallest absolute Gasteiger partial charge is 0.263 e. The molecule has 4 rings (SSSR count). The highest BCUT2D eigenvalue weighted by atomic mass is 16.3. The number of carbonyl (C=O) groups excluding carboxylic acids is 2. The lowest BCUT2D eigenvalue weighted by Crippen LogP contribution is -2.40. The Kier molecular flexibility index (Phi) is 3.56. The maximum Gasteiger partial charge on any atom is 0.263 e. The van der Waals surface area contributed by atoms with Gasteiger partial charge in [-0.2, -0.15) is 0 Å². The zero-order valence-corrected chi connectivity index (χ0v) is 14.1. The summed E-state index contributed by atoms with van der Waals surface area (Å²) in [7, 11) is 1.57. The molecule has 1 atom stereocenters. The number of ketones is 1. The molecule has 0 spiro atoms. The number of fused-ring (bicyclic) bond motifs is 2. The van der Waals surface area contributed by atoms with E-state index in [-0.39, 0.29) is 11.3 Å². The third kappa shape index (κ3) is 2.21. The molecule has 0 radical (unpaired) electrons. The molecule has 5 nitrogen and oxygen atoms in total. The minimum atomic E-state index is -1.93. The second kappa shape index (κ2) is 5.68. The van der Waals surface area contributed by atoms with Crippen LogP contribution in [0.15, 0.2) is 60.7 Å². The van der Waals surface area contributed by atoms with E-state index in [9.17, 15) is 19.8 Å². The van der Waals surface area contributed by atoms with Crippen LogP contribution in [0.5, 0.6) is 5.75 Å². The number of nitrogens with zero attached hydrogens (tertiary/aromatic N) is 1. The molecule has 3 aromatic carbocycles. The predicted molar refractivity (Wildman–Crippen MR) is 98.3 cm³/mol. The van der Waals surface area contributed by atoms with Gasteiger partial charge < -0.3 is 15.1 Å². The zero-order chi connectivity index (χ0) is 18.5. The molecular formula is C21H17NO4. The first-order chi connectivity index (χ1) is 12.4. The number of amides is 1. The van der Waals surface area contributed by atoms with Crippen LogP contribution in [-0.4, -0.2) is 29.0 Å². The summed E-state index contributed by atoms with van der Waals surface area (Å²) in [5.74, 6) is -1.18. The van der Waals surface area contributed by atoms with E-state index >= 15 is 0 Å². The number of rotatable bonds is 3. The van der Waals surface area contributed by atoms with E-state index in [1.807, 2.05) is 12.1 Å². The number of hydrogen-bond donors (Lipinski definition) is 2. The van der Waals surface area contributed by atoms with Crippen LogP contribution in [-0.2, 0) is 10.4 Å². The highest BCUT2D eigenvalue weighted by Crippen LogP contribution is 2.42. The number of hydrogen-bond acceptors (Lipinski definition) is 4. The van der Waals surface area contributed by atoms with Gasteiger partial charge in [-0.3, -0.25) is 9.59 Å². The molecule has 26 heavy (non-hydrogen) atoms. The molecule has 0 aromatic heterocycles. The van der Waals surface area contributed by atoms with Gasteiger partial charge >= 0.3 is 0 Å². The summed E-state index contributed by atoms with van der Waals surface area (Å²) >= 11 is 0. The van der Waals surface area contributed by atoms with Crippen molar-refractivity contribution in [3.8, 4) is 5.75 Å². The predicted octanol–water partition coefficient (Wildman–Crippen LogP) is 2.98. The summed E-state index contributed by atoms with van der Waals surface area (Å²) < 4.78 is 0. The average Bonchev–Trinajstić information content (AvgIpc) is 2.84. The van der Waals surface area contributed by atoms with E-state index < -0.39 is 23.7 Å². The molecule has 0 saturated heterocycles. The van der Waals surface area contributed by atoms with Crippen molar-refractivity contribution in [3.63, 3.8) is 0 Å². The lowest BCUT2D eigenvalue weighted by Gasteiger charge is -2.21. The topological polar surface area (TPSA) is 77.8 Å². The maximum atomic E-state index is 12.8. The molecule has 1 heterocycles. The Morgan fingerprint density at radius 1 is 1.04 bits per heavy atom. The van der Waals surface area contributed by atoms with Crippen LogP contribution in [0.3, 0.4) is 0 Å². The molecule has 1 aliphatic heterocycles. The number of carbonyl (C=O) groups is 2. The lowest BCUT2D eigenvalue weighted by molar-refractivity contribution is -0.135. The van der Waals surface area contributed by atoms with Gasteiger partial charge in [0.05, 0.1) is 17.7 Å². The molecule has 5 heteroatoms. The van der Waals surface area contributed by atoms with Gasteiger partial charge in [-0.05, 0) is 17.5 Å². The van der Waals surface area contributed by atoms with Crippen LogP contribution in [0.25, 0.3) is 10.8 Å². The summed E-state index contributed by atoms with van der Waals surface area (Å²) in [5.41, 5.74) is -0.853. The first-order valence-electron chi connectivity index (χ1n) is 8.27. The quantitative estimate of drug-likeness (QED) is 0.714. The number of benzene rings is 3. The second-order valence-electron chi connectivity index (χ2n) is 6.52. The van der Waals surface area contributed by atoms with Crippen LogP contribution in [0, 0.1) is 0 Å². The first-order valence-corrected chi connectivity index (χ1v) is 8.27. The standard InChI is InChI=1S/C21H17NO4/c1-22-17-9-5-4-8-16(17)21(26,20(22)25)12-18(23)15-11-10-13-6-2-3-7-14(13)19(15)24/h2-11,24,26H,12H2,1H3/t21-/m1/s1. The average molecular weight is 347 g/mol. The number of aromatic hydroxyl groups is 1. The van der Waals surface area contributed by atoms with Crippen LogP contribution in [0.2, 0.25) is 0 Å². The van der Waals surface area contributed by atoms with Gasteiger partial charge in [0.1, 0.15) is 5.75 Å². The van der Waals surface area contributed by atoms with Crippen molar-refractivity contribution in [2.45, 2.75) is 12.0 Å². The summed E-state index contributed by atoms with van der Waals surface area (Å²) in [6, 6.07) is 17.3. The highest BCUT2D eigenvalue weighted by Gasteiger charge is 2.49. The molecule has 0 aliphatic carbocycles. The monoisotopic (exact) mass is 347 g/mol. The van der Waals surface area contributed by atoms with Gasteiger partial charge in [-0.25, -0.2) is 0 Å². The minimum Gasteiger partial charge on any atom is -0.507 e. The van der Waals surface area contributed by atoms with Gasteiger partial charge in [0.25, 0.3) is 5.91 Å². The van der Waals surface area contributed by atoms with E-state index in [1.54, 1.807) is 49.5 Å². The minimum absolute atomic E-state index is 0.0944. The SMILES string of the molecule is CN1C(=O)[C@@](O)(CC(=O)c2ccc3ccccc3c2O)c2ccccc21. The largest absolute Gasteiger partial charge is 0.507 e. The number of aliphatic hydroxyl groups is 1. The molecule has 3 aromatic rings. The van der Waals surface area contributed by atoms with Crippen molar-refractivity contribution < 1.29 is 19.8 Å². The normalized spacial score (nSPS) is 19.0. The molecule has 1 aliphatic rings. The number of likely N-dealkylation sites (N-methyl/N-ethyl adjacent to an activating group) is 1. The van der Waals surface area contributed by atoms with Gasteiger partial charge in [0.15, 0.2) is 11.4 Å². The molecule has 130 valence electrons. The fraction of sp³-hybridized carbons (Fsp3) is 0.143. The molecule has 0 bridgehead atoms. The van der Waals surface area contributed by atoms with Crippen molar-refractivity contribution >= 4 is 28.2 Å². The van der Waals surface area contributed by atoms with E-state index in [1.165, 1.54) is 11.0 Å². The van der Waals surface area contributed by atoms with Crippen LogP contribution in [0.1, 0.15) is 22.3 Å². The van der Waals surface area contributed by atoms with E-state index in [0.29, 0.717) is 16.6 Å².